The fourth-order valence-corrected chi connectivity index (χ4v) is 2.81. The van der Waals surface area contributed by atoms with E-state index in [1.807, 2.05) is 0 Å². The maximum absolute atomic E-state index is 3.61. The topological polar surface area (TPSA) is 12.0 Å². The van der Waals surface area contributed by atoms with E-state index in [1.54, 1.807) is 0 Å². The Hall–Kier alpha value is -0.0400. The first-order valence-corrected chi connectivity index (χ1v) is 7.10. The van der Waals surface area contributed by atoms with E-state index in [0.717, 1.165) is 17.8 Å². The molecule has 1 nitrogen and oxygen atoms in total. The normalized spacial score (nSPS) is 27.4. The van der Waals surface area contributed by atoms with Gasteiger partial charge in [-0.2, -0.15) is 0 Å². The van der Waals surface area contributed by atoms with Crippen LogP contribution in [0.1, 0.15) is 60.3 Å². The van der Waals surface area contributed by atoms with Crippen molar-refractivity contribution in [3.63, 3.8) is 0 Å². The number of hydrogen-bond acceptors (Lipinski definition) is 1. The van der Waals surface area contributed by atoms with Gasteiger partial charge in [0, 0.05) is 0 Å². The van der Waals surface area contributed by atoms with Crippen molar-refractivity contribution < 1.29 is 0 Å². The molecule has 0 aliphatic heterocycles. The van der Waals surface area contributed by atoms with Crippen molar-refractivity contribution in [2.75, 3.05) is 13.1 Å². The second kappa shape index (κ2) is 6.05. The van der Waals surface area contributed by atoms with Gasteiger partial charge in [-0.25, -0.2) is 0 Å². The van der Waals surface area contributed by atoms with Gasteiger partial charge in [0.2, 0.25) is 0 Å². The molecule has 96 valence electrons. The van der Waals surface area contributed by atoms with Gasteiger partial charge in [-0.15, -0.1) is 0 Å². The van der Waals surface area contributed by atoms with Gasteiger partial charge in [0.15, 0.2) is 0 Å². The maximum atomic E-state index is 3.61. The first-order valence-electron chi connectivity index (χ1n) is 7.10. The quantitative estimate of drug-likeness (QED) is 0.760. The maximum Gasteiger partial charge on any atom is -0.00204 e. The molecule has 0 aromatic carbocycles. The minimum absolute atomic E-state index is 0.524. The van der Waals surface area contributed by atoms with Gasteiger partial charge in [0.1, 0.15) is 0 Å². The molecule has 1 N–H and O–H groups in total. The van der Waals surface area contributed by atoms with Gasteiger partial charge in [-0.3, -0.25) is 0 Å². The average molecular weight is 225 g/mol. The molecule has 0 heterocycles. The summed E-state index contributed by atoms with van der Waals surface area (Å²) in [7, 11) is 0. The first kappa shape index (κ1) is 14.0. The largest absolute Gasteiger partial charge is 0.316 e. The van der Waals surface area contributed by atoms with E-state index in [2.05, 4.69) is 39.9 Å². The van der Waals surface area contributed by atoms with Gasteiger partial charge < -0.3 is 5.32 Å². The fourth-order valence-electron chi connectivity index (χ4n) is 2.81. The molecule has 1 aliphatic rings. The zero-order valence-electron chi connectivity index (χ0n) is 12.0. The molecule has 0 atom stereocenters. The molecule has 1 heteroatoms. The molecular weight excluding hydrogens is 194 g/mol. The van der Waals surface area contributed by atoms with E-state index in [0.29, 0.717) is 5.41 Å². The highest BCUT2D eigenvalue weighted by atomic mass is 14.9. The van der Waals surface area contributed by atoms with Crippen LogP contribution in [-0.4, -0.2) is 13.1 Å². The Balaban J connectivity index is 2.17. The molecule has 1 saturated carbocycles. The Morgan fingerprint density at radius 1 is 1.06 bits per heavy atom. The summed E-state index contributed by atoms with van der Waals surface area (Å²) in [5.41, 5.74) is 0.524. The minimum atomic E-state index is 0.524. The Morgan fingerprint density at radius 3 is 2.06 bits per heavy atom. The van der Waals surface area contributed by atoms with Gasteiger partial charge in [0.05, 0.1) is 0 Å². The third-order valence-electron chi connectivity index (χ3n) is 4.06. The summed E-state index contributed by atoms with van der Waals surface area (Å²) in [6.07, 6.45) is 5.76. The zero-order chi connectivity index (χ0) is 12.2. The molecule has 0 aromatic rings. The Kier molecular flexibility index (Phi) is 5.30. The molecule has 0 unspecified atom stereocenters. The predicted molar refractivity (Wildman–Crippen MR) is 72.6 cm³/mol. The number of hydrogen-bond donors (Lipinski definition) is 1. The lowest BCUT2D eigenvalue weighted by molar-refractivity contribution is 0.148. The highest BCUT2D eigenvalue weighted by Gasteiger charge is 2.29. The first-order chi connectivity index (χ1) is 7.39. The van der Waals surface area contributed by atoms with E-state index in [-0.39, 0.29) is 0 Å². The molecule has 0 amide bonds. The van der Waals surface area contributed by atoms with Gasteiger partial charge >= 0.3 is 0 Å². The van der Waals surface area contributed by atoms with E-state index >= 15 is 0 Å². The molecule has 1 fully saturated rings. The van der Waals surface area contributed by atoms with Crippen LogP contribution in [0.2, 0.25) is 0 Å². The summed E-state index contributed by atoms with van der Waals surface area (Å²) in [5, 5.41) is 3.61. The summed E-state index contributed by atoms with van der Waals surface area (Å²) in [4.78, 5) is 0. The molecule has 0 bridgehead atoms. The van der Waals surface area contributed by atoms with Crippen LogP contribution < -0.4 is 5.32 Å². The summed E-state index contributed by atoms with van der Waals surface area (Å²) in [6, 6.07) is 0. The second-order valence-corrected chi connectivity index (χ2v) is 7.14. The van der Waals surface area contributed by atoms with Crippen molar-refractivity contribution in [2.24, 2.45) is 23.2 Å². The van der Waals surface area contributed by atoms with Crippen LogP contribution in [0.4, 0.5) is 0 Å². The van der Waals surface area contributed by atoms with Crippen molar-refractivity contribution in [3.05, 3.63) is 0 Å². The van der Waals surface area contributed by atoms with Crippen LogP contribution in [0, 0.1) is 23.2 Å². The molecule has 0 spiro atoms. The molecule has 0 saturated heterocycles. The van der Waals surface area contributed by atoms with E-state index in [1.165, 1.54) is 38.8 Å². The van der Waals surface area contributed by atoms with Gasteiger partial charge in [0.25, 0.3) is 0 Å². The summed E-state index contributed by atoms with van der Waals surface area (Å²) < 4.78 is 0. The average Bonchev–Trinajstić information content (AvgIpc) is 2.16. The smallest absolute Gasteiger partial charge is 0.00204 e. The van der Waals surface area contributed by atoms with Crippen molar-refractivity contribution in [3.8, 4) is 0 Å². The van der Waals surface area contributed by atoms with Crippen molar-refractivity contribution in [2.45, 2.75) is 60.3 Å². The van der Waals surface area contributed by atoms with Crippen LogP contribution in [0.5, 0.6) is 0 Å². The molecule has 16 heavy (non-hydrogen) atoms. The predicted octanol–water partition coefficient (Wildman–Crippen LogP) is 4.08. The second-order valence-electron chi connectivity index (χ2n) is 7.14. The van der Waals surface area contributed by atoms with Gasteiger partial charge in [-0.05, 0) is 61.9 Å². The summed E-state index contributed by atoms with van der Waals surface area (Å²) >= 11 is 0. The van der Waals surface area contributed by atoms with Crippen LogP contribution >= 0.6 is 0 Å². The van der Waals surface area contributed by atoms with E-state index in [4.69, 9.17) is 0 Å². The molecule has 1 rings (SSSR count). The highest BCUT2D eigenvalue weighted by Crippen LogP contribution is 2.39. The van der Waals surface area contributed by atoms with Crippen molar-refractivity contribution in [1.29, 1.82) is 0 Å². The van der Waals surface area contributed by atoms with Gasteiger partial charge in [-0.1, -0.05) is 34.6 Å². The van der Waals surface area contributed by atoms with Crippen LogP contribution in [0.15, 0.2) is 0 Å². The zero-order valence-corrected chi connectivity index (χ0v) is 12.0. The fraction of sp³-hybridized carbons (Fsp3) is 1.00. The van der Waals surface area contributed by atoms with Crippen LogP contribution in [-0.2, 0) is 0 Å². The minimum Gasteiger partial charge on any atom is -0.316 e. The Morgan fingerprint density at radius 2 is 1.62 bits per heavy atom. The van der Waals surface area contributed by atoms with E-state index < -0.39 is 0 Å². The standard InChI is InChI=1S/C15H31N/c1-12(2)10-16-11-13-6-8-14(9-7-13)15(3,4)5/h12-14,16H,6-11H2,1-5H3. The highest BCUT2D eigenvalue weighted by molar-refractivity contribution is 4.81. The van der Waals surface area contributed by atoms with E-state index in [9.17, 15) is 0 Å². The summed E-state index contributed by atoms with van der Waals surface area (Å²) in [5.74, 6) is 2.68. The Labute approximate surface area is 102 Å². The van der Waals surface area contributed by atoms with Crippen LogP contribution in [0.3, 0.4) is 0 Å². The summed E-state index contributed by atoms with van der Waals surface area (Å²) in [6.45, 7) is 14.2. The third kappa shape index (κ3) is 4.86. The number of nitrogens with one attached hydrogen (secondary N) is 1. The molecule has 0 radical (unpaired) electrons. The lowest BCUT2D eigenvalue weighted by atomic mass is 9.70. The van der Waals surface area contributed by atoms with Crippen molar-refractivity contribution in [1.82, 2.24) is 5.32 Å². The molecule has 0 aromatic heterocycles. The number of rotatable bonds is 4. The van der Waals surface area contributed by atoms with Crippen molar-refractivity contribution >= 4 is 0 Å². The molecule has 1 aliphatic carbocycles. The lowest BCUT2D eigenvalue weighted by Gasteiger charge is -2.37. The third-order valence-corrected chi connectivity index (χ3v) is 4.06. The SMILES string of the molecule is CC(C)CNCC1CCC(C(C)(C)C)CC1. The molecular formula is C15H31N. The Bertz CT molecular complexity index is 182. The monoisotopic (exact) mass is 225 g/mol. The lowest BCUT2D eigenvalue weighted by Crippen LogP contribution is -2.32. The van der Waals surface area contributed by atoms with Crippen LogP contribution in [0.25, 0.3) is 0 Å².